The molecular formula is C21H21N3O3S3. The molecule has 0 saturated carbocycles. The normalized spacial score (nSPS) is 14.5. The van der Waals surface area contributed by atoms with E-state index in [1.807, 2.05) is 47.0 Å². The Kier molecular flexibility index (Phi) is 6.40. The van der Waals surface area contributed by atoms with Crippen LogP contribution in [0.2, 0.25) is 0 Å². The number of carbonyl (C=O) groups is 1. The number of rotatable bonds is 6. The number of sulfonamides is 1. The van der Waals surface area contributed by atoms with Gasteiger partial charge in [-0.3, -0.25) is 9.52 Å². The van der Waals surface area contributed by atoms with Gasteiger partial charge in [0.1, 0.15) is 0 Å². The summed E-state index contributed by atoms with van der Waals surface area (Å²) in [5.74, 6) is 1.94. The van der Waals surface area contributed by atoms with E-state index in [1.165, 1.54) is 11.3 Å². The first-order valence-electron chi connectivity index (χ1n) is 9.49. The Morgan fingerprint density at radius 3 is 2.37 bits per heavy atom. The van der Waals surface area contributed by atoms with Crippen LogP contribution < -0.4 is 4.72 Å². The fourth-order valence-corrected chi connectivity index (χ4v) is 6.01. The van der Waals surface area contributed by atoms with Gasteiger partial charge in [0.15, 0.2) is 5.13 Å². The molecule has 1 aliphatic rings. The van der Waals surface area contributed by atoms with Gasteiger partial charge in [0.25, 0.3) is 10.0 Å². The Balaban J connectivity index is 1.41. The molecule has 0 unspecified atom stereocenters. The number of aromatic nitrogens is 1. The Labute approximate surface area is 184 Å². The second-order valence-electron chi connectivity index (χ2n) is 6.81. The third-order valence-electron chi connectivity index (χ3n) is 4.74. The summed E-state index contributed by atoms with van der Waals surface area (Å²) in [5, 5.41) is 1.99. The van der Waals surface area contributed by atoms with Crippen LogP contribution in [0.15, 0.2) is 64.9 Å². The van der Waals surface area contributed by atoms with E-state index in [2.05, 4.69) is 9.71 Å². The maximum absolute atomic E-state index is 12.7. The van der Waals surface area contributed by atoms with Crippen molar-refractivity contribution < 1.29 is 13.2 Å². The number of nitrogens with zero attached hydrogens (tertiary/aromatic N) is 2. The minimum absolute atomic E-state index is 0.0338. The van der Waals surface area contributed by atoms with Crippen molar-refractivity contribution in [2.24, 2.45) is 0 Å². The van der Waals surface area contributed by atoms with Crippen LogP contribution in [0.1, 0.15) is 5.69 Å². The molecule has 0 atom stereocenters. The van der Waals surface area contributed by atoms with E-state index in [0.717, 1.165) is 35.7 Å². The number of nitrogens with one attached hydrogen (secondary N) is 1. The highest BCUT2D eigenvalue weighted by molar-refractivity contribution is 7.99. The first-order chi connectivity index (χ1) is 14.5. The van der Waals surface area contributed by atoms with Gasteiger partial charge in [0.05, 0.1) is 17.0 Å². The summed E-state index contributed by atoms with van der Waals surface area (Å²) in [5.41, 5.74) is 2.55. The molecule has 1 saturated heterocycles. The molecule has 2 aromatic carbocycles. The van der Waals surface area contributed by atoms with Gasteiger partial charge in [-0.1, -0.05) is 42.5 Å². The maximum Gasteiger partial charge on any atom is 0.263 e. The molecule has 9 heteroatoms. The Hall–Kier alpha value is -2.36. The highest BCUT2D eigenvalue weighted by Crippen LogP contribution is 2.24. The summed E-state index contributed by atoms with van der Waals surface area (Å²) in [6.07, 6.45) is 0.189. The zero-order valence-electron chi connectivity index (χ0n) is 16.2. The molecule has 0 spiro atoms. The lowest BCUT2D eigenvalue weighted by Crippen LogP contribution is -2.38. The van der Waals surface area contributed by atoms with Crippen LogP contribution in [0.25, 0.3) is 11.1 Å². The zero-order valence-corrected chi connectivity index (χ0v) is 18.6. The predicted octanol–water partition coefficient (Wildman–Crippen LogP) is 3.73. The van der Waals surface area contributed by atoms with Crippen molar-refractivity contribution in [3.63, 3.8) is 0 Å². The summed E-state index contributed by atoms with van der Waals surface area (Å²) in [7, 11) is -3.75. The number of anilines is 1. The minimum atomic E-state index is -3.75. The van der Waals surface area contributed by atoms with Crippen molar-refractivity contribution in [3.05, 3.63) is 65.7 Å². The molecule has 1 aliphatic heterocycles. The standard InChI is InChI=1S/C21H21N3O3S3/c25-20(24-10-12-28-13-11-24)14-18-15-29-21(22-18)23-30(26,27)19-8-6-17(7-9-19)16-4-2-1-3-5-16/h1-9,15H,10-14H2,(H,22,23). The molecule has 1 aromatic heterocycles. The van der Waals surface area contributed by atoms with Gasteiger partial charge < -0.3 is 4.90 Å². The molecular weight excluding hydrogens is 438 g/mol. The fraction of sp³-hybridized carbons (Fsp3) is 0.238. The number of benzene rings is 2. The highest BCUT2D eigenvalue weighted by atomic mass is 32.2. The molecule has 1 fully saturated rings. The van der Waals surface area contributed by atoms with E-state index in [0.29, 0.717) is 5.69 Å². The molecule has 0 radical (unpaired) electrons. The van der Waals surface area contributed by atoms with Crippen LogP contribution in [0.3, 0.4) is 0 Å². The first-order valence-corrected chi connectivity index (χ1v) is 13.0. The molecule has 30 heavy (non-hydrogen) atoms. The smallest absolute Gasteiger partial charge is 0.263 e. The lowest BCUT2D eigenvalue weighted by atomic mass is 10.1. The number of hydrogen-bond acceptors (Lipinski definition) is 6. The predicted molar refractivity (Wildman–Crippen MR) is 122 cm³/mol. The molecule has 0 aliphatic carbocycles. The molecule has 2 heterocycles. The molecule has 0 bridgehead atoms. The fourth-order valence-electron chi connectivity index (χ4n) is 3.15. The summed E-state index contributed by atoms with van der Waals surface area (Å²) < 4.78 is 27.9. The van der Waals surface area contributed by atoms with Gasteiger partial charge in [-0.15, -0.1) is 11.3 Å². The number of carbonyl (C=O) groups excluding carboxylic acids is 1. The third-order valence-corrected chi connectivity index (χ3v) is 7.97. The monoisotopic (exact) mass is 459 g/mol. The van der Waals surface area contributed by atoms with Gasteiger partial charge in [-0.05, 0) is 23.3 Å². The number of hydrogen-bond donors (Lipinski definition) is 1. The lowest BCUT2D eigenvalue weighted by molar-refractivity contribution is -0.130. The van der Waals surface area contributed by atoms with E-state index in [1.54, 1.807) is 29.6 Å². The quantitative estimate of drug-likeness (QED) is 0.608. The van der Waals surface area contributed by atoms with Crippen molar-refractivity contribution in [3.8, 4) is 11.1 Å². The first kappa shape index (κ1) is 20.9. The topological polar surface area (TPSA) is 79.4 Å². The molecule has 156 valence electrons. The van der Waals surface area contributed by atoms with Gasteiger partial charge in [-0.25, -0.2) is 13.4 Å². The van der Waals surface area contributed by atoms with Crippen molar-refractivity contribution in [2.75, 3.05) is 29.3 Å². The van der Waals surface area contributed by atoms with Crippen LogP contribution in [-0.4, -0.2) is 48.8 Å². The largest absolute Gasteiger partial charge is 0.341 e. The Morgan fingerprint density at radius 1 is 1.00 bits per heavy atom. The van der Waals surface area contributed by atoms with E-state index in [9.17, 15) is 13.2 Å². The van der Waals surface area contributed by atoms with E-state index in [-0.39, 0.29) is 22.4 Å². The zero-order chi connectivity index (χ0) is 21.0. The van der Waals surface area contributed by atoms with Crippen molar-refractivity contribution in [1.29, 1.82) is 0 Å². The molecule has 6 nitrogen and oxygen atoms in total. The van der Waals surface area contributed by atoms with Crippen LogP contribution in [0.4, 0.5) is 5.13 Å². The molecule has 4 rings (SSSR count). The Morgan fingerprint density at radius 2 is 1.67 bits per heavy atom. The highest BCUT2D eigenvalue weighted by Gasteiger charge is 2.20. The Bertz CT molecular complexity index is 1110. The molecule has 1 N–H and O–H groups in total. The molecule has 1 amide bonds. The summed E-state index contributed by atoms with van der Waals surface area (Å²) in [4.78, 5) is 18.7. The number of amides is 1. The van der Waals surface area contributed by atoms with Crippen LogP contribution in [0.5, 0.6) is 0 Å². The van der Waals surface area contributed by atoms with Crippen LogP contribution in [-0.2, 0) is 21.2 Å². The van der Waals surface area contributed by atoms with E-state index in [4.69, 9.17) is 0 Å². The number of thioether (sulfide) groups is 1. The van der Waals surface area contributed by atoms with Gasteiger partial charge in [0, 0.05) is 30.0 Å². The second kappa shape index (κ2) is 9.20. The summed E-state index contributed by atoms with van der Waals surface area (Å²) >= 11 is 3.03. The van der Waals surface area contributed by atoms with Crippen molar-refractivity contribution >= 4 is 44.2 Å². The van der Waals surface area contributed by atoms with Gasteiger partial charge in [0.2, 0.25) is 5.91 Å². The second-order valence-corrected chi connectivity index (χ2v) is 10.6. The maximum atomic E-state index is 12.7. The average Bonchev–Trinajstić information content (AvgIpc) is 3.21. The summed E-state index contributed by atoms with van der Waals surface area (Å²) in [6.45, 7) is 1.51. The van der Waals surface area contributed by atoms with E-state index >= 15 is 0 Å². The van der Waals surface area contributed by atoms with Gasteiger partial charge >= 0.3 is 0 Å². The lowest BCUT2D eigenvalue weighted by Gasteiger charge is -2.26. The van der Waals surface area contributed by atoms with Crippen molar-refractivity contribution in [1.82, 2.24) is 9.88 Å². The molecule has 3 aromatic rings. The van der Waals surface area contributed by atoms with Gasteiger partial charge in [-0.2, -0.15) is 11.8 Å². The van der Waals surface area contributed by atoms with Crippen LogP contribution >= 0.6 is 23.1 Å². The van der Waals surface area contributed by atoms with E-state index < -0.39 is 10.0 Å². The SMILES string of the molecule is O=C(Cc1csc(NS(=O)(=O)c2ccc(-c3ccccc3)cc2)n1)N1CCSCC1. The average molecular weight is 460 g/mol. The minimum Gasteiger partial charge on any atom is -0.341 e. The third kappa shape index (κ3) is 5.03. The van der Waals surface area contributed by atoms with Crippen molar-refractivity contribution in [2.45, 2.75) is 11.3 Å². The summed E-state index contributed by atoms with van der Waals surface area (Å²) in [6, 6.07) is 16.5. The number of thiazole rings is 1. The van der Waals surface area contributed by atoms with Crippen LogP contribution in [0, 0.1) is 0 Å².